The maximum absolute atomic E-state index is 12.1. The van der Waals surface area contributed by atoms with Gasteiger partial charge in [0.2, 0.25) is 0 Å². The summed E-state index contributed by atoms with van der Waals surface area (Å²) >= 11 is 0. The lowest BCUT2D eigenvalue weighted by molar-refractivity contribution is -0.144. The number of carbonyl (C=O) groups is 2. The Balaban J connectivity index is 2.03. The number of hydrogen-bond donors (Lipinski definition) is 1. The van der Waals surface area contributed by atoms with Crippen molar-refractivity contribution in [2.45, 2.75) is 57.6 Å². The molecule has 0 unspecified atom stereocenters. The molecule has 0 aromatic heterocycles. The van der Waals surface area contributed by atoms with Gasteiger partial charge in [0.1, 0.15) is 5.60 Å². The third-order valence-corrected chi connectivity index (χ3v) is 3.69. The van der Waals surface area contributed by atoms with Crippen molar-refractivity contribution in [3.63, 3.8) is 0 Å². The molecule has 2 fully saturated rings. The first-order valence-electron chi connectivity index (χ1n) is 6.47. The van der Waals surface area contributed by atoms with Gasteiger partial charge < -0.3 is 14.7 Å². The Bertz CT molecular complexity index is 368. The predicted octanol–water partition coefficient (Wildman–Crippen LogP) is 2.25. The van der Waals surface area contributed by atoms with E-state index in [1.807, 2.05) is 20.8 Å². The maximum atomic E-state index is 12.1. The van der Waals surface area contributed by atoms with E-state index in [-0.39, 0.29) is 17.6 Å². The van der Waals surface area contributed by atoms with E-state index in [4.69, 9.17) is 9.84 Å². The number of carboxylic acid groups (broad SMARTS) is 1. The van der Waals surface area contributed by atoms with Crippen molar-refractivity contribution in [3.8, 4) is 0 Å². The van der Waals surface area contributed by atoms with Gasteiger partial charge in [-0.25, -0.2) is 4.79 Å². The molecule has 0 bridgehead atoms. The van der Waals surface area contributed by atoms with E-state index in [0.29, 0.717) is 19.4 Å². The smallest absolute Gasteiger partial charge is 0.410 e. The molecule has 1 atom stereocenters. The van der Waals surface area contributed by atoms with Gasteiger partial charge in [-0.3, -0.25) is 4.79 Å². The Hall–Kier alpha value is -1.26. The minimum absolute atomic E-state index is 0.232. The molecule has 1 heterocycles. The van der Waals surface area contributed by atoms with Gasteiger partial charge in [0.25, 0.3) is 0 Å². The number of ether oxygens (including phenoxy) is 1. The van der Waals surface area contributed by atoms with E-state index in [1.165, 1.54) is 0 Å². The van der Waals surface area contributed by atoms with Crippen LogP contribution < -0.4 is 0 Å². The van der Waals surface area contributed by atoms with E-state index in [1.54, 1.807) is 4.90 Å². The molecule has 5 nitrogen and oxygen atoms in total. The van der Waals surface area contributed by atoms with Gasteiger partial charge in [-0.05, 0) is 46.5 Å². The highest BCUT2D eigenvalue weighted by atomic mass is 16.6. The number of rotatable bonds is 1. The highest BCUT2D eigenvalue weighted by Crippen LogP contribution is 2.50. The number of piperidine rings is 1. The Kier molecular flexibility index (Phi) is 3.03. The molecule has 1 spiro atoms. The average molecular weight is 255 g/mol. The number of amides is 1. The van der Waals surface area contributed by atoms with E-state index < -0.39 is 11.6 Å². The molecule has 102 valence electrons. The van der Waals surface area contributed by atoms with E-state index in [0.717, 1.165) is 12.8 Å². The summed E-state index contributed by atoms with van der Waals surface area (Å²) in [6.45, 7) is 6.02. The molecule has 1 amide bonds. The van der Waals surface area contributed by atoms with Crippen LogP contribution in [0.25, 0.3) is 0 Å². The predicted molar refractivity (Wildman–Crippen MR) is 65.3 cm³/mol. The fourth-order valence-electron chi connectivity index (χ4n) is 2.62. The SMILES string of the molecule is CC(C)(C)OC(=O)N1CC[C@@H](C(=O)O)CC12CC2. The lowest BCUT2D eigenvalue weighted by Crippen LogP contribution is -2.50. The summed E-state index contributed by atoms with van der Waals surface area (Å²) in [6.07, 6.45) is 2.59. The summed E-state index contributed by atoms with van der Waals surface area (Å²) in [5.74, 6) is -1.06. The van der Waals surface area contributed by atoms with Gasteiger partial charge in [0, 0.05) is 12.1 Å². The molecule has 1 aliphatic heterocycles. The second kappa shape index (κ2) is 4.14. The Labute approximate surface area is 107 Å². The van der Waals surface area contributed by atoms with Crippen LogP contribution in [0.2, 0.25) is 0 Å². The standard InChI is InChI=1S/C13H21NO4/c1-12(2,3)18-11(17)14-7-4-9(10(15)16)8-13(14)5-6-13/h9H,4-8H2,1-3H3,(H,15,16)/t9-/m1/s1. The topological polar surface area (TPSA) is 66.8 Å². The first kappa shape index (κ1) is 13.2. The molecule has 1 saturated carbocycles. The summed E-state index contributed by atoms with van der Waals surface area (Å²) in [5, 5.41) is 9.07. The van der Waals surface area contributed by atoms with Crippen molar-refractivity contribution in [1.82, 2.24) is 4.90 Å². The second-order valence-electron chi connectivity index (χ2n) is 6.38. The van der Waals surface area contributed by atoms with Crippen molar-refractivity contribution < 1.29 is 19.4 Å². The molecular weight excluding hydrogens is 234 g/mol. The van der Waals surface area contributed by atoms with Crippen LogP contribution in [0.15, 0.2) is 0 Å². The van der Waals surface area contributed by atoms with E-state index in [9.17, 15) is 9.59 Å². The molecule has 5 heteroatoms. The summed E-state index contributed by atoms with van der Waals surface area (Å²) in [4.78, 5) is 24.9. The van der Waals surface area contributed by atoms with Gasteiger partial charge in [-0.1, -0.05) is 0 Å². The highest BCUT2D eigenvalue weighted by Gasteiger charge is 2.55. The molecule has 1 N–H and O–H groups in total. The molecular formula is C13H21NO4. The normalized spacial score (nSPS) is 25.9. The van der Waals surface area contributed by atoms with Crippen LogP contribution in [0, 0.1) is 5.92 Å². The summed E-state index contributed by atoms with van der Waals surface area (Å²) in [5.41, 5.74) is -0.736. The molecule has 2 rings (SSSR count). The van der Waals surface area contributed by atoms with Gasteiger partial charge in [-0.15, -0.1) is 0 Å². The van der Waals surface area contributed by atoms with Crippen LogP contribution in [0.4, 0.5) is 4.79 Å². The minimum Gasteiger partial charge on any atom is -0.481 e. The number of carboxylic acids is 1. The Morgan fingerprint density at radius 2 is 1.94 bits per heavy atom. The van der Waals surface area contributed by atoms with Gasteiger partial charge >= 0.3 is 12.1 Å². The molecule has 2 aliphatic rings. The van der Waals surface area contributed by atoms with Gasteiger partial charge in [0.05, 0.1) is 5.92 Å². The first-order valence-corrected chi connectivity index (χ1v) is 6.47. The van der Waals surface area contributed by atoms with Crippen LogP contribution in [0.1, 0.15) is 46.5 Å². The van der Waals surface area contributed by atoms with Crippen molar-refractivity contribution in [2.75, 3.05) is 6.54 Å². The van der Waals surface area contributed by atoms with Crippen LogP contribution in [0.5, 0.6) is 0 Å². The number of likely N-dealkylation sites (tertiary alicyclic amines) is 1. The number of nitrogens with zero attached hydrogens (tertiary/aromatic N) is 1. The summed E-state index contributed by atoms with van der Waals surface area (Å²) < 4.78 is 5.39. The fraction of sp³-hybridized carbons (Fsp3) is 0.846. The van der Waals surface area contributed by atoms with Crippen LogP contribution in [-0.2, 0) is 9.53 Å². The monoisotopic (exact) mass is 255 g/mol. The van der Waals surface area contributed by atoms with E-state index >= 15 is 0 Å². The second-order valence-corrected chi connectivity index (χ2v) is 6.38. The van der Waals surface area contributed by atoms with E-state index in [2.05, 4.69) is 0 Å². The number of carbonyl (C=O) groups excluding carboxylic acids is 1. The fourth-order valence-corrected chi connectivity index (χ4v) is 2.62. The summed E-state index contributed by atoms with van der Waals surface area (Å²) in [6, 6.07) is 0. The zero-order valence-corrected chi connectivity index (χ0v) is 11.2. The Morgan fingerprint density at radius 1 is 1.33 bits per heavy atom. The third-order valence-electron chi connectivity index (χ3n) is 3.69. The number of aliphatic carboxylic acids is 1. The van der Waals surface area contributed by atoms with Crippen LogP contribution in [0.3, 0.4) is 0 Å². The molecule has 1 saturated heterocycles. The van der Waals surface area contributed by atoms with Crippen molar-refractivity contribution in [2.24, 2.45) is 5.92 Å². The van der Waals surface area contributed by atoms with Gasteiger partial charge in [0.15, 0.2) is 0 Å². The lowest BCUT2D eigenvalue weighted by Gasteiger charge is -2.39. The lowest BCUT2D eigenvalue weighted by atomic mass is 9.89. The molecule has 1 aliphatic carbocycles. The number of hydrogen-bond acceptors (Lipinski definition) is 3. The largest absolute Gasteiger partial charge is 0.481 e. The highest BCUT2D eigenvalue weighted by molar-refractivity contribution is 5.73. The summed E-state index contributed by atoms with van der Waals surface area (Å²) in [7, 11) is 0. The maximum Gasteiger partial charge on any atom is 0.410 e. The first-order chi connectivity index (χ1) is 8.23. The van der Waals surface area contributed by atoms with Crippen LogP contribution in [-0.4, -0.2) is 39.8 Å². The molecule has 0 aromatic rings. The van der Waals surface area contributed by atoms with Gasteiger partial charge in [-0.2, -0.15) is 0 Å². The van der Waals surface area contributed by atoms with Crippen molar-refractivity contribution in [1.29, 1.82) is 0 Å². The van der Waals surface area contributed by atoms with Crippen LogP contribution >= 0.6 is 0 Å². The van der Waals surface area contributed by atoms with Crippen molar-refractivity contribution in [3.05, 3.63) is 0 Å². The zero-order valence-electron chi connectivity index (χ0n) is 11.2. The molecule has 0 radical (unpaired) electrons. The Morgan fingerprint density at radius 3 is 2.39 bits per heavy atom. The van der Waals surface area contributed by atoms with Crippen molar-refractivity contribution >= 4 is 12.1 Å². The zero-order chi connectivity index (χ0) is 13.6. The average Bonchev–Trinajstić information content (AvgIpc) is 2.95. The third kappa shape index (κ3) is 2.60. The quantitative estimate of drug-likeness (QED) is 0.780. The minimum atomic E-state index is -0.745. The molecule has 18 heavy (non-hydrogen) atoms. The molecule has 0 aromatic carbocycles.